The van der Waals surface area contributed by atoms with E-state index in [4.69, 9.17) is 19.9 Å². The van der Waals surface area contributed by atoms with Crippen LogP contribution in [0, 0.1) is 0 Å². The van der Waals surface area contributed by atoms with Crippen molar-refractivity contribution in [1.29, 1.82) is 0 Å². The van der Waals surface area contributed by atoms with Gasteiger partial charge in [0, 0.05) is 13.5 Å². The maximum atomic E-state index is 5.95. The Morgan fingerprint density at radius 2 is 2.00 bits per heavy atom. The first kappa shape index (κ1) is 13.9. The Bertz CT molecular complexity index is 414. The van der Waals surface area contributed by atoms with Gasteiger partial charge in [0.2, 0.25) is 11.8 Å². The van der Waals surface area contributed by atoms with E-state index < -0.39 is 0 Å². The number of anilines is 1. The molecule has 2 atom stereocenters. The minimum atomic E-state index is 0.0883. The van der Waals surface area contributed by atoms with Crippen LogP contribution in [0.2, 0.25) is 0 Å². The standard InChI is InChI=1S/C13H21N3O3/c1-3-18-12-11(14)13(16-8-15-12)19-10-6-4-5-9(7-10)17-2/h8-10H,3-7,14H2,1-2H3. The van der Waals surface area contributed by atoms with Gasteiger partial charge in [-0.1, -0.05) is 0 Å². The molecule has 1 aliphatic rings. The first-order valence-corrected chi connectivity index (χ1v) is 6.67. The van der Waals surface area contributed by atoms with Crippen LogP contribution in [0.5, 0.6) is 11.8 Å². The van der Waals surface area contributed by atoms with E-state index in [2.05, 4.69) is 9.97 Å². The lowest BCUT2D eigenvalue weighted by Crippen LogP contribution is -2.30. The fourth-order valence-corrected chi connectivity index (χ4v) is 2.29. The largest absolute Gasteiger partial charge is 0.476 e. The fraction of sp³-hybridized carbons (Fsp3) is 0.692. The molecule has 1 saturated carbocycles. The highest BCUT2D eigenvalue weighted by Crippen LogP contribution is 2.30. The summed E-state index contributed by atoms with van der Waals surface area (Å²) in [6.45, 7) is 2.39. The van der Waals surface area contributed by atoms with Gasteiger partial charge in [-0.3, -0.25) is 0 Å². The summed E-state index contributed by atoms with van der Waals surface area (Å²) in [5.41, 5.74) is 6.31. The van der Waals surface area contributed by atoms with Crippen LogP contribution in [0.25, 0.3) is 0 Å². The Hall–Kier alpha value is -1.56. The summed E-state index contributed by atoms with van der Waals surface area (Å²) in [4.78, 5) is 8.08. The summed E-state index contributed by atoms with van der Waals surface area (Å²) in [5, 5.41) is 0. The number of nitrogens with zero attached hydrogens (tertiary/aromatic N) is 2. The molecule has 106 valence electrons. The van der Waals surface area contributed by atoms with Crippen LogP contribution >= 0.6 is 0 Å². The number of methoxy groups -OCH3 is 1. The molecule has 0 aromatic carbocycles. The molecule has 1 aromatic rings. The third-order valence-corrected chi connectivity index (χ3v) is 3.28. The van der Waals surface area contributed by atoms with Crippen LogP contribution in [0.1, 0.15) is 32.6 Å². The van der Waals surface area contributed by atoms with Crippen molar-refractivity contribution in [3.8, 4) is 11.8 Å². The SMILES string of the molecule is CCOc1ncnc(OC2CCCC(OC)C2)c1N. The second-order valence-electron chi connectivity index (χ2n) is 4.59. The molecule has 1 aliphatic carbocycles. The fourth-order valence-electron chi connectivity index (χ4n) is 2.29. The average molecular weight is 267 g/mol. The zero-order valence-corrected chi connectivity index (χ0v) is 11.5. The molecule has 1 fully saturated rings. The van der Waals surface area contributed by atoms with Crippen molar-refractivity contribution in [1.82, 2.24) is 9.97 Å². The van der Waals surface area contributed by atoms with Crippen LogP contribution in [0.15, 0.2) is 6.33 Å². The number of hydrogen-bond donors (Lipinski definition) is 1. The Kier molecular flexibility index (Phi) is 4.79. The van der Waals surface area contributed by atoms with Crippen LogP contribution < -0.4 is 15.2 Å². The van der Waals surface area contributed by atoms with Crippen molar-refractivity contribution in [2.24, 2.45) is 0 Å². The lowest BCUT2D eigenvalue weighted by molar-refractivity contribution is 0.0196. The highest BCUT2D eigenvalue weighted by molar-refractivity contribution is 5.55. The molecule has 0 saturated heterocycles. The van der Waals surface area contributed by atoms with Gasteiger partial charge < -0.3 is 19.9 Å². The van der Waals surface area contributed by atoms with Crippen molar-refractivity contribution in [2.45, 2.75) is 44.8 Å². The van der Waals surface area contributed by atoms with Gasteiger partial charge in [0.15, 0.2) is 5.69 Å². The Morgan fingerprint density at radius 1 is 1.26 bits per heavy atom. The van der Waals surface area contributed by atoms with Gasteiger partial charge in [0.05, 0.1) is 12.7 Å². The average Bonchev–Trinajstić information content (AvgIpc) is 2.44. The maximum absolute atomic E-state index is 5.95. The molecule has 19 heavy (non-hydrogen) atoms. The molecular formula is C13H21N3O3. The molecule has 0 bridgehead atoms. The number of rotatable bonds is 5. The van der Waals surface area contributed by atoms with Crippen LogP contribution in [0.3, 0.4) is 0 Å². The highest BCUT2D eigenvalue weighted by atomic mass is 16.5. The van der Waals surface area contributed by atoms with E-state index in [9.17, 15) is 0 Å². The van der Waals surface area contributed by atoms with Crippen molar-refractivity contribution < 1.29 is 14.2 Å². The van der Waals surface area contributed by atoms with Gasteiger partial charge in [-0.25, -0.2) is 0 Å². The summed E-state index contributed by atoms with van der Waals surface area (Å²) in [6.07, 6.45) is 5.79. The maximum Gasteiger partial charge on any atom is 0.244 e. The Balaban J connectivity index is 2.04. The predicted octanol–water partition coefficient (Wildman–Crippen LogP) is 1.79. The van der Waals surface area contributed by atoms with E-state index in [0.717, 1.165) is 25.7 Å². The molecular weight excluding hydrogens is 246 g/mol. The lowest BCUT2D eigenvalue weighted by Gasteiger charge is -2.28. The van der Waals surface area contributed by atoms with E-state index in [1.165, 1.54) is 6.33 Å². The predicted molar refractivity (Wildman–Crippen MR) is 71.3 cm³/mol. The molecule has 2 rings (SSSR count). The molecule has 1 heterocycles. The van der Waals surface area contributed by atoms with Crippen molar-refractivity contribution in [2.75, 3.05) is 19.5 Å². The topological polar surface area (TPSA) is 79.5 Å². The number of aromatic nitrogens is 2. The first-order chi connectivity index (χ1) is 9.24. The zero-order chi connectivity index (χ0) is 13.7. The number of nitrogens with two attached hydrogens (primary N) is 1. The van der Waals surface area contributed by atoms with E-state index in [1.807, 2.05) is 6.92 Å². The van der Waals surface area contributed by atoms with Gasteiger partial charge in [-0.2, -0.15) is 9.97 Å². The molecule has 2 unspecified atom stereocenters. The second-order valence-corrected chi connectivity index (χ2v) is 4.59. The normalized spacial score (nSPS) is 23.1. The number of nitrogen functional groups attached to an aromatic ring is 1. The monoisotopic (exact) mass is 267 g/mol. The van der Waals surface area contributed by atoms with Gasteiger partial charge in [-0.05, 0) is 26.2 Å². The molecule has 0 radical (unpaired) electrons. The molecule has 0 amide bonds. The van der Waals surface area contributed by atoms with Gasteiger partial charge in [0.25, 0.3) is 0 Å². The minimum absolute atomic E-state index is 0.0883. The number of hydrogen-bond acceptors (Lipinski definition) is 6. The summed E-state index contributed by atoms with van der Waals surface area (Å²) in [5.74, 6) is 0.784. The van der Waals surface area contributed by atoms with Crippen LogP contribution in [-0.2, 0) is 4.74 Å². The quantitative estimate of drug-likeness (QED) is 0.876. The third-order valence-electron chi connectivity index (χ3n) is 3.28. The Labute approximate surface area is 113 Å². The summed E-state index contributed by atoms with van der Waals surface area (Å²) in [7, 11) is 1.74. The van der Waals surface area contributed by atoms with E-state index in [-0.39, 0.29) is 12.2 Å². The highest BCUT2D eigenvalue weighted by Gasteiger charge is 2.24. The van der Waals surface area contributed by atoms with Crippen LogP contribution in [0.4, 0.5) is 5.69 Å². The summed E-state index contributed by atoms with van der Waals surface area (Å²) in [6, 6.07) is 0. The van der Waals surface area contributed by atoms with E-state index in [1.54, 1.807) is 7.11 Å². The minimum Gasteiger partial charge on any atom is -0.476 e. The molecule has 2 N–H and O–H groups in total. The first-order valence-electron chi connectivity index (χ1n) is 6.67. The van der Waals surface area contributed by atoms with Crippen molar-refractivity contribution >= 4 is 5.69 Å². The summed E-state index contributed by atoms with van der Waals surface area (Å²) < 4.78 is 16.6. The van der Waals surface area contributed by atoms with Gasteiger partial charge >= 0.3 is 0 Å². The summed E-state index contributed by atoms with van der Waals surface area (Å²) >= 11 is 0. The molecule has 0 aliphatic heterocycles. The van der Waals surface area contributed by atoms with Gasteiger partial charge in [-0.15, -0.1) is 0 Å². The smallest absolute Gasteiger partial charge is 0.244 e. The van der Waals surface area contributed by atoms with Gasteiger partial charge in [0.1, 0.15) is 12.4 Å². The van der Waals surface area contributed by atoms with Crippen molar-refractivity contribution in [3.63, 3.8) is 0 Å². The van der Waals surface area contributed by atoms with E-state index >= 15 is 0 Å². The molecule has 6 nitrogen and oxygen atoms in total. The van der Waals surface area contributed by atoms with E-state index in [0.29, 0.717) is 24.1 Å². The number of ether oxygens (including phenoxy) is 3. The van der Waals surface area contributed by atoms with Crippen LogP contribution in [-0.4, -0.2) is 35.9 Å². The molecule has 6 heteroatoms. The Morgan fingerprint density at radius 3 is 2.74 bits per heavy atom. The third kappa shape index (κ3) is 3.47. The molecule has 0 spiro atoms. The zero-order valence-electron chi connectivity index (χ0n) is 11.5. The second kappa shape index (κ2) is 6.56. The molecule has 1 aromatic heterocycles. The van der Waals surface area contributed by atoms with Crippen molar-refractivity contribution in [3.05, 3.63) is 6.33 Å². The lowest BCUT2D eigenvalue weighted by atomic mass is 9.95.